The molecule has 0 bridgehead atoms. The number of nitrogens with two attached hydrogens (primary N) is 1. The molecule has 1 aliphatic carbocycles. The van der Waals surface area contributed by atoms with Gasteiger partial charge in [-0.25, -0.2) is 5.84 Å². The van der Waals surface area contributed by atoms with Crippen LogP contribution in [0.15, 0.2) is 0 Å². The molecule has 3 N–H and O–H groups in total. The van der Waals surface area contributed by atoms with E-state index in [-0.39, 0.29) is 11.3 Å². The fraction of sp³-hybridized carbons (Fsp3) is 0.900. The maximum absolute atomic E-state index is 11.8. The van der Waals surface area contributed by atoms with Gasteiger partial charge < -0.3 is 4.90 Å². The Kier molecular flexibility index (Phi) is 2.49. The lowest BCUT2D eigenvalue weighted by Crippen LogP contribution is -2.53. The zero-order chi connectivity index (χ0) is 10.2. The van der Waals surface area contributed by atoms with Crippen molar-refractivity contribution in [3.63, 3.8) is 0 Å². The standard InChI is InChI=1S/C10H19N3O/c1-13-6-3-8(7-13)10(4-2-5-10)9(14)12-11/h8H,2-7,11H2,1H3,(H,12,14). The molecule has 14 heavy (non-hydrogen) atoms. The van der Waals surface area contributed by atoms with Crippen LogP contribution in [0, 0.1) is 11.3 Å². The molecule has 2 aliphatic rings. The van der Waals surface area contributed by atoms with Crippen molar-refractivity contribution >= 4 is 5.91 Å². The Hall–Kier alpha value is -0.610. The number of carbonyl (C=O) groups is 1. The van der Waals surface area contributed by atoms with Crippen LogP contribution < -0.4 is 11.3 Å². The Balaban J connectivity index is 2.08. The monoisotopic (exact) mass is 197 g/mol. The number of nitrogens with zero attached hydrogens (tertiary/aromatic N) is 1. The van der Waals surface area contributed by atoms with Crippen molar-refractivity contribution in [2.24, 2.45) is 17.2 Å². The molecule has 4 heteroatoms. The molecule has 1 heterocycles. The van der Waals surface area contributed by atoms with Gasteiger partial charge in [-0.15, -0.1) is 0 Å². The average Bonchev–Trinajstić information content (AvgIpc) is 2.50. The van der Waals surface area contributed by atoms with Crippen molar-refractivity contribution in [1.29, 1.82) is 0 Å². The Morgan fingerprint density at radius 3 is 2.64 bits per heavy atom. The molecule has 1 saturated heterocycles. The van der Waals surface area contributed by atoms with E-state index in [1.54, 1.807) is 0 Å². The lowest BCUT2D eigenvalue weighted by Gasteiger charge is -2.44. The van der Waals surface area contributed by atoms with E-state index >= 15 is 0 Å². The van der Waals surface area contributed by atoms with Gasteiger partial charge in [0.1, 0.15) is 0 Å². The molecule has 0 aromatic rings. The molecule has 0 radical (unpaired) electrons. The number of hydrogen-bond donors (Lipinski definition) is 2. The lowest BCUT2D eigenvalue weighted by atomic mass is 9.60. The molecule has 1 aliphatic heterocycles. The van der Waals surface area contributed by atoms with Crippen molar-refractivity contribution in [1.82, 2.24) is 10.3 Å². The lowest BCUT2D eigenvalue weighted by molar-refractivity contribution is -0.140. The molecule has 0 aromatic carbocycles. The summed E-state index contributed by atoms with van der Waals surface area (Å²) in [6.45, 7) is 2.16. The first kappa shape index (κ1) is 9.93. The van der Waals surface area contributed by atoms with Gasteiger partial charge in [0.15, 0.2) is 0 Å². The summed E-state index contributed by atoms with van der Waals surface area (Å²) in [4.78, 5) is 14.1. The number of rotatable bonds is 2. The van der Waals surface area contributed by atoms with E-state index in [1.807, 2.05) is 0 Å². The van der Waals surface area contributed by atoms with Crippen LogP contribution in [0.3, 0.4) is 0 Å². The summed E-state index contributed by atoms with van der Waals surface area (Å²) in [6, 6.07) is 0. The van der Waals surface area contributed by atoms with Crippen LogP contribution in [0.25, 0.3) is 0 Å². The van der Waals surface area contributed by atoms with Gasteiger partial charge in [0.05, 0.1) is 5.41 Å². The molecular weight excluding hydrogens is 178 g/mol. The second-order valence-corrected chi connectivity index (χ2v) is 4.73. The summed E-state index contributed by atoms with van der Waals surface area (Å²) >= 11 is 0. The molecule has 0 spiro atoms. The number of likely N-dealkylation sites (tertiary alicyclic amines) is 1. The first-order valence-electron chi connectivity index (χ1n) is 5.38. The predicted octanol–water partition coefficient (Wildman–Crippen LogP) is 0.0983. The average molecular weight is 197 g/mol. The second-order valence-electron chi connectivity index (χ2n) is 4.73. The molecule has 1 amide bonds. The van der Waals surface area contributed by atoms with E-state index < -0.39 is 0 Å². The molecule has 1 saturated carbocycles. The summed E-state index contributed by atoms with van der Waals surface area (Å²) < 4.78 is 0. The maximum Gasteiger partial charge on any atom is 0.240 e. The highest BCUT2D eigenvalue weighted by atomic mass is 16.2. The molecule has 80 valence electrons. The summed E-state index contributed by atoms with van der Waals surface area (Å²) in [5.74, 6) is 5.83. The zero-order valence-corrected chi connectivity index (χ0v) is 8.75. The third-order valence-electron chi connectivity index (χ3n) is 4.00. The van der Waals surface area contributed by atoms with Crippen molar-refractivity contribution < 1.29 is 4.79 Å². The van der Waals surface area contributed by atoms with Crippen LogP contribution >= 0.6 is 0 Å². The maximum atomic E-state index is 11.8. The highest BCUT2D eigenvalue weighted by molar-refractivity contribution is 5.83. The first-order valence-corrected chi connectivity index (χ1v) is 5.38. The van der Waals surface area contributed by atoms with Crippen LogP contribution in [0.5, 0.6) is 0 Å². The number of carbonyl (C=O) groups excluding carboxylic acids is 1. The summed E-state index contributed by atoms with van der Waals surface area (Å²) in [7, 11) is 2.12. The molecule has 1 atom stereocenters. The van der Waals surface area contributed by atoms with Crippen LogP contribution in [0.2, 0.25) is 0 Å². The van der Waals surface area contributed by atoms with E-state index in [2.05, 4.69) is 17.4 Å². The normalized spacial score (nSPS) is 31.1. The van der Waals surface area contributed by atoms with Crippen LogP contribution in [-0.2, 0) is 4.79 Å². The number of nitrogens with one attached hydrogen (secondary N) is 1. The van der Waals surface area contributed by atoms with Gasteiger partial charge in [0, 0.05) is 6.54 Å². The van der Waals surface area contributed by atoms with E-state index in [9.17, 15) is 4.79 Å². The molecule has 1 unspecified atom stereocenters. The Morgan fingerprint density at radius 2 is 2.29 bits per heavy atom. The summed E-state index contributed by atoms with van der Waals surface area (Å²) in [6.07, 6.45) is 4.36. The molecule has 0 aromatic heterocycles. The van der Waals surface area contributed by atoms with Crippen molar-refractivity contribution in [3.8, 4) is 0 Å². The number of amides is 1. The minimum atomic E-state index is -0.125. The van der Waals surface area contributed by atoms with Gasteiger partial charge in [-0.05, 0) is 38.8 Å². The van der Waals surface area contributed by atoms with E-state index in [0.717, 1.165) is 32.4 Å². The molecule has 2 fully saturated rings. The van der Waals surface area contributed by atoms with E-state index in [1.165, 1.54) is 6.42 Å². The van der Waals surface area contributed by atoms with Crippen LogP contribution in [0.1, 0.15) is 25.7 Å². The molecular formula is C10H19N3O. The van der Waals surface area contributed by atoms with Gasteiger partial charge in [-0.3, -0.25) is 10.2 Å². The quantitative estimate of drug-likeness (QED) is 0.375. The largest absolute Gasteiger partial charge is 0.306 e. The summed E-state index contributed by atoms with van der Waals surface area (Å²) in [5.41, 5.74) is 2.22. The van der Waals surface area contributed by atoms with Crippen LogP contribution in [0.4, 0.5) is 0 Å². The molecule has 4 nitrogen and oxygen atoms in total. The topological polar surface area (TPSA) is 58.4 Å². The smallest absolute Gasteiger partial charge is 0.240 e. The first-order chi connectivity index (χ1) is 6.69. The highest BCUT2D eigenvalue weighted by Crippen LogP contribution is 2.50. The second kappa shape index (κ2) is 3.51. The third-order valence-corrected chi connectivity index (χ3v) is 4.00. The summed E-state index contributed by atoms with van der Waals surface area (Å²) in [5, 5.41) is 0. The van der Waals surface area contributed by atoms with Crippen LogP contribution in [-0.4, -0.2) is 30.9 Å². The number of hydrazine groups is 1. The van der Waals surface area contributed by atoms with Crippen molar-refractivity contribution in [3.05, 3.63) is 0 Å². The van der Waals surface area contributed by atoms with E-state index in [0.29, 0.717) is 5.92 Å². The number of hydrogen-bond acceptors (Lipinski definition) is 3. The van der Waals surface area contributed by atoms with Crippen molar-refractivity contribution in [2.45, 2.75) is 25.7 Å². The Morgan fingerprint density at radius 1 is 1.57 bits per heavy atom. The minimum absolute atomic E-state index is 0.0593. The van der Waals surface area contributed by atoms with Gasteiger partial charge in [0.2, 0.25) is 5.91 Å². The Bertz CT molecular complexity index is 238. The van der Waals surface area contributed by atoms with Gasteiger partial charge in [0.25, 0.3) is 0 Å². The van der Waals surface area contributed by atoms with Crippen molar-refractivity contribution in [2.75, 3.05) is 20.1 Å². The van der Waals surface area contributed by atoms with E-state index in [4.69, 9.17) is 5.84 Å². The minimum Gasteiger partial charge on any atom is -0.306 e. The van der Waals surface area contributed by atoms with Gasteiger partial charge in [-0.2, -0.15) is 0 Å². The fourth-order valence-electron chi connectivity index (χ4n) is 2.91. The van der Waals surface area contributed by atoms with Gasteiger partial charge in [-0.1, -0.05) is 6.42 Å². The predicted molar refractivity (Wildman–Crippen MR) is 54.2 cm³/mol. The highest BCUT2D eigenvalue weighted by Gasteiger charge is 2.51. The SMILES string of the molecule is CN1CCC(C2(C(=O)NN)CCC2)C1. The Labute approximate surface area is 84.8 Å². The molecule has 2 rings (SSSR count). The third kappa shape index (κ3) is 1.33. The van der Waals surface area contributed by atoms with Gasteiger partial charge >= 0.3 is 0 Å². The zero-order valence-electron chi connectivity index (χ0n) is 8.75. The fourth-order valence-corrected chi connectivity index (χ4v) is 2.91.